The Labute approximate surface area is 175 Å². The van der Waals surface area contributed by atoms with Gasteiger partial charge in [-0.1, -0.05) is 58.9 Å². The molecule has 3 atom stereocenters. The van der Waals surface area contributed by atoms with E-state index in [1.807, 2.05) is 45.1 Å². The Balaban J connectivity index is 0.00000158. The number of rotatable bonds is 7. The van der Waals surface area contributed by atoms with Crippen molar-refractivity contribution in [3.05, 3.63) is 46.9 Å². The van der Waals surface area contributed by atoms with E-state index in [1.54, 1.807) is 0 Å². The van der Waals surface area contributed by atoms with E-state index in [-0.39, 0.29) is 5.38 Å². The highest BCUT2D eigenvalue weighted by atomic mass is 35.5. The Bertz CT molecular complexity index is 540. The van der Waals surface area contributed by atoms with E-state index < -0.39 is 11.0 Å². The molecular formula is C22H39ClN2OS. The van der Waals surface area contributed by atoms with Crippen molar-refractivity contribution in [1.29, 1.82) is 0 Å². The molecule has 1 N–H and O–H groups in total. The average Bonchev–Trinajstić information content (AvgIpc) is 2.70. The molecule has 0 spiro atoms. The van der Waals surface area contributed by atoms with Gasteiger partial charge in [-0.25, -0.2) is 8.51 Å². The normalized spacial score (nSPS) is 25.2. The van der Waals surface area contributed by atoms with Gasteiger partial charge in [-0.15, -0.1) is 11.6 Å². The fourth-order valence-corrected chi connectivity index (χ4v) is 4.47. The van der Waals surface area contributed by atoms with Gasteiger partial charge in [0.25, 0.3) is 0 Å². The maximum absolute atomic E-state index is 12.9. The second kappa shape index (κ2) is 16.3. The van der Waals surface area contributed by atoms with Crippen molar-refractivity contribution in [2.45, 2.75) is 59.3 Å². The van der Waals surface area contributed by atoms with Crippen molar-refractivity contribution >= 4 is 22.6 Å². The van der Waals surface area contributed by atoms with Crippen LogP contribution in [0.15, 0.2) is 46.9 Å². The lowest BCUT2D eigenvalue weighted by Gasteiger charge is -2.25. The standard InChI is InChI=1S/C18H27ClN2OS.2C2H6/c1-3-11-21(12-10-20-2)23(22)18-9-8-16-13-17(19)7-5-4-6-15(16)14-18;2*1-2/h5-9,14,16-17,20H,3-4,10-13H2,1-2H3;2*1-2H3/b7-5-,15-6-;;. The molecule has 2 aliphatic rings. The molecule has 0 heterocycles. The summed E-state index contributed by atoms with van der Waals surface area (Å²) in [5.74, 6) is 0.333. The number of nitrogens with zero attached hydrogens (tertiary/aromatic N) is 1. The topological polar surface area (TPSA) is 32.3 Å². The zero-order chi connectivity index (χ0) is 20.7. The van der Waals surface area contributed by atoms with Crippen LogP contribution in [0.2, 0.25) is 0 Å². The monoisotopic (exact) mass is 414 g/mol. The minimum absolute atomic E-state index is 0.0704. The van der Waals surface area contributed by atoms with Crippen molar-refractivity contribution < 1.29 is 4.21 Å². The van der Waals surface area contributed by atoms with E-state index in [4.69, 9.17) is 11.6 Å². The zero-order valence-corrected chi connectivity index (χ0v) is 19.6. The van der Waals surface area contributed by atoms with Crippen molar-refractivity contribution in [2.24, 2.45) is 5.92 Å². The summed E-state index contributed by atoms with van der Waals surface area (Å²) in [7, 11) is 0.820. The van der Waals surface area contributed by atoms with Crippen molar-refractivity contribution in [3.8, 4) is 0 Å². The summed E-state index contributed by atoms with van der Waals surface area (Å²) in [5.41, 5.74) is 1.25. The van der Waals surface area contributed by atoms with Crippen LogP contribution < -0.4 is 5.32 Å². The third-order valence-electron chi connectivity index (χ3n) is 4.06. The van der Waals surface area contributed by atoms with Crippen molar-refractivity contribution in [1.82, 2.24) is 9.62 Å². The lowest BCUT2D eigenvalue weighted by molar-refractivity contribution is 0.443. The molecule has 0 radical (unpaired) electrons. The molecule has 0 aliphatic heterocycles. The largest absolute Gasteiger partial charge is 0.318 e. The van der Waals surface area contributed by atoms with E-state index in [0.29, 0.717) is 5.92 Å². The minimum Gasteiger partial charge on any atom is -0.318 e. The van der Waals surface area contributed by atoms with E-state index in [9.17, 15) is 4.21 Å². The Morgan fingerprint density at radius 3 is 2.56 bits per heavy atom. The summed E-state index contributed by atoms with van der Waals surface area (Å²) in [4.78, 5) is 0.896. The Morgan fingerprint density at radius 1 is 1.22 bits per heavy atom. The first kappa shape index (κ1) is 26.3. The Kier molecular flexibility index (Phi) is 15.9. The highest BCUT2D eigenvalue weighted by Gasteiger charge is 2.22. The summed E-state index contributed by atoms with van der Waals surface area (Å²) in [6.45, 7) is 12.6. The molecule has 0 fully saturated rings. The highest BCUT2D eigenvalue weighted by Crippen LogP contribution is 2.31. The SMILES string of the molecule is CC.CC.CCCN(CCNC)S(=O)C1=C/C2=C/C/C=C\C(Cl)CC2C=C1. The van der Waals surface area contributed by atoms with Crippen LogP contribution in [0.25, 0.3) is 0 Å². The van der Waals surface area contributed by atoms with E-state index in [2.05, 4.69) is 42.6 Å². The number of nitrogens with one attached hydrogen (secondary N) is 1. The van der Waals surface area contributed by atoms with Gasteiger partial charge in [0, 0.05) is 25.6 Å². The summed E-state index contributed by atoms with van der Waals surface area (Å²) >= 11 is 6.32. The minimum atomic E-state index is -1.10. The smallest absolute Gasteiger partial charge is 0.127 e. The van der Waals surface area contributed by atoms with Gasteiger partial charge < -0.3 is 5.32 Å². The molecular weight excluding hydrogens is 376 g/mol. The van der Waals surface area contributed by atoms with Gasteiger partial charge in [0.1, 0.15) is 11.0 Å². The quantitative estimate of drug-likeness (QED) is 0.435. The van der Waals surface area contributed by atoms with Crippen LogP contribution in [-0.4, -0.2) is 40.6 Å². The predicted molar refractivity (Wildman–Crippen MR) is 123 cm³/mol. The maximum Gasteiger partial charge on any atom is 0.127 e. The zero-order valence-electron chi connectivity index (χ0n) is 18.0. The van der Waals surface area contributed by atoms with Gasteiger partial charge in [0.2, 0.25) is 0 Å². The molecule has 2 rings (SSSR count). The first-order valence-electron chi connectivity index (χ1n) is 10.4. The third-order valence-corrected chi connectivity index (χ3v) is 5.88. The van der Waals surface area contributed by atoms with E-state index >= 15 is 0 Å². The molecule has 0 bridgehead atoms. The molecule has 3 unspecified atom stereocenters. The van der Waals surface area contributed by atoms with Crippen LogP contribution in [0.4, 0.5) is 0 Å². The number of alkyl halides is 1. The van der Waals surface area contributed by atoms with Crippen LogP contribution in [0.3, 0.4) is 0 Å². The van der Waals surface area contributed by atoms with Gasteiger partial charge >= 0.3 is 0 Å². The number of hydrogen-bond acceptors (Lipinski definition) is 2. The lowest BCUT2D eigenvalue weighted by Crippen LogP contribution is -2.33. The summed E-state index contributed by atoms with van der Waals surface area (Å²) in [6, 6.07) is 0. The van der Waals surface area contributed by atoms with Gasteiger partial charge in [-0.3, -0.25) is 0 Å². The summed E-state index contributed by atoms with van der Waals surface area (Å²) in [5, 5.41) is 3.20. The van der Waals surface area contributed by atoms with Gasteiger partial charge in [0.05, 0.1) is 10.3 Å². The third kappa shape index (κ3) is 9.38. The molecule has 0 aromatic carbocycles. The second-order valence-corrected chi connectivity index (χ2v) is 7.96. The Morgan fingerprint density at radius 2 is 1.93 bits per heavy atom. The molecule has 3 nitrogen and oxygen atoms in total. The van der Waals surface area contributed by atoms with Gasteiger partial charge in [-0.05, 0) is 44.0 Å². The summed E-state index contributed by atoms with van der Waals surface area (Å²) < 4.78 is 15.0. The fraction of sp³-hybridized carbons (Fsp3) is 0.636. The molecule has 5 heteroatoms. The summed E-state index contributed by atoms with van der Waals surface area (Å²) in [6.07, 6.45) is 15.5. The fourth-order valence-electron chi connectivity index (χ4n) is 2.84. The second-order valence-electron chi connectivity index (χ2n) is 5.91. The van der Waals surface area contributed by atoms with Crippen LogP contribution in [0.5, 0.6) is 0 Å². The molecule has 0 aromatic rings. The molecule has 0 aromatic heterocycles. The molecule has 27 heavy (non-hydrogen) atoms. The van der Waals surface area contributed by atoms with E-state index in [1.165, 1.54) is 5.57 Å². The molecule has 2 aliphatic carbocycles. The van der Waals surface area contributed by atoms with Gasteiger partial charge in [0.15, 0.2) is 0 Å². The number of likely N-dealkylation sites (N-methyl/N-ethyl adjacent to an activating group) is 1. The number of hydrogen-bond donors (Lipinski definition) is 1. The van der Waals surface area contributed by atoms with Crippen molar-refractivity contribution in [2.75, 3.05) is 26.7 Å². The number of allylic oxidation sites excluding steroid dienone is 7. The first-order chi connectivity index (χ1) is 13.2. The van der Waals surface area contributed by atoms with E-state index in [0.717, 1.165) is 43.8 Å². The number of halogens is 1. The highest BCUT2D eigenvalue weighted by molar-refractivity contribution is 7.86. The van der Waals surface area contributed by atoms with Crippen molar-refractivity contribution in [3.63, 3.8) is 0 Å². The van der Waals surface area contributed by atoms with Crippen LogP contribution >= 0.6 is 11.6 Å². The van der Waals surface area contributed by atoms with Crippen LogP contribution in [-0.2, 0) is 11.0 Å². The predicted octanol–water partition coefficient (Wildman–Crippen LogP) is 5.59. The Hall–Kier alpha value is -0.680. The lowest BCUT2D eigenvalue weighted by atomic mass is 9.88. The molecule has 0 saturated carbocycles. The average molecular weight is 415 g/mol. The first-order valence-corrected chi connectivity index (χ1v) is 11.9. The maximum atomic E-state index is 12.9. The molecule has 156 valence electrons. The number of fused-ring (bicyclic) bond motifs is 1. The van der Waals surface area contributed by atoms with Crippen LogP contribution in [0, 0.1) is 5.92 Å². The van der Waals surface area contributed by atoms with Gasteiger partial charge in [-0.2, -0.15) is 0 Å². The molecule has 0 saturated heterocycles. The van der Waals surface area contributed by atoms with Crippen LogP contribution in [0.1, 0.15) is 53.9 Å². The molecule has 0 amide bonds.